The number of aromatic nitrogens is 3. The van der Waals surface area contributed by atoms with Gasteiger partial charge in [-0.05, 0) is 38.0 Å². The Morgan fingerprint density at radius 1 is 1.17 bits per heavy atom. The number of rotatable bonds is 10. The number of hydrogen-bond donors (Lipinski definition) is 2. The van der Waals surface area contributed by atoms with E-state index < -0.39 is 0 Å². The third kappa shape index (κ3) is 5.84. The molecule has 7 nitrogen and oxygen atoms in total. The van der Waals surface area contributed by atoms with Gasteiger partial charge in [0.15, 0.2) is 5.82 Å². The maximum atomic E-state index is 12.7. The van der Waals surface area contributed by atoms with E-state index in [-0.39, 0.29) is 5.91 Å². The van der Waals surface area contributed by atoms with Gasteiger partial charge in [0.25, 0.3) is 5.91 Å². The van der Waals surface area contributed by atoms with Gasteiger partial charge in [-0.3, -0.25) is 4.79 Å². The summed E-state index contributed by atoms with van der Waals surface area (Å²) in [5.41, 5.74) is 5.22. The second kappa shape index (κ2) is 10.8. The number of ether oxygens (including phenoxy) is 1. The number of amides is 1. The molecule has 0 bridgehead atoms. The summed E-state index contributed by atoms with van der Waals surface area (Å²) in [4.78, 5) is 27.1. The maximum absolute atomic E-state index is 12.7. The topological polar surface area (TPSA) is 89.0 Å². The van der Waals surface area contributed by atoms with Crippen molar-refractivity contribution in [3.05, 3.63) is 57.7 Å². The molecule has 30 heavy (non-hydrogen) atoms. The predicted molar refractivity (Wildman–Crippen MR) is 120 cm³/mol. The van der Waals surface area contributed by atoms with Gasteiger partial charge < -0.3 is 15.4 Å². The van der Waals surface area contributed by atoms with Crippen molar-refractivity contribution in [1.82, 2.24) is 20.3 Å². The minimum atomic E-state index is -0.0923. The number of aryl methyl sites for hydroxylation is 2. The van der Waals surface area contributed by atoms with Gasteiger partial charge in [-0.2, -0.15) is 0 Å². The lowest BCUT2D eigenvalue weighted by molar-refractivity contribution is 0.0953. The summed E-state index contributed by atoms with van der Waals surface area (Å²) in [6.07, 6.45) is 3.39. The first-order chi connectivity index (χ1) is 14.6. The number of benzene rings is 1. The maximum Gasteiger partial charge on any atom is 0.251 e. The smallest absolute Gasteiger partial charge is 0.251 e. The van der Waals surface area contributed by atoms with Crippen LogP contribution in [0, 0.1) is 13.8 Å². The van der Waals surface area contributed by atoms with E-state index in [0.717, 1.165) is 42.0 Å². The molecule has 0 atom stereocenters. The third-order valence-corrected chi connectivity index (χ3v) is 5.70. The van der Waals surface area contributed by atoms with Crippen LogP contribution in [-0.2, 0) is 11.2 Å². The summed E-state index contributed by atoms with van der Waals surface area (Å²) < 4.78 is 5.06. The molecule has 158 valence electrons. The Morgan fingerprint density at radius 2 is 2.03 bits per heavy atom. The molecule has 0 saturated heterocycles. The van der Waals surface area contributed by atoms with Crippen molar-refractivity contribution in [3.8, 4) is 11.4 Å². The van der Waals surface area contributed by atoms with Gasteiger partial charge in [0.2, 0.25) is 0 Å². The molecule has 1 amide bonds. The van der Waals surface area contributed by atoms with Crippen LogP contribution in [0.25, 0.3) is 11.4 Å². The van der Waals surface area contributed by atoms with Crippen LogP contribution in [0.3, 0.4) is 0 Å². The van der Waals surface area contributed by atoms with E-state index in [0.29, 0.717) is 24.5 Å². The van der Waals surface area contributed by atoms with Crippen molar-refractivity contribution in [2.75, 3.05) is 32.1 Å². The fraction of sp³-hybridized carbons (Fsp3) is 0.364. The molecule has 2 aromatic heterocycles. The lowest BCUT2D eigenvalue weighted by Crippen LogP contribution is -2.26. The minimum absolute atomic E-state index is 0.0923. The summed E-state index contributed by atoms with van der Waals surface area (Å²) in [6, 6.07) is 7.56. The summed E-state index contributed by atoms with van der Waals surface area (Å²) in [6.45, 7) is 5.96. The average Bonchev–Trinajstić information content (AvgIpc) is 3.16. The number of carbonyl (C=O) groups is 1. The van der Waals surface area contributed by atoms with Gasteiger partial charge in [-0.15, -0.1) is 11.3 Å². The molecule has 2 heterocycles. The quantitative estimate of drug-likeness (QED) is 0.482. The molecule has 0 aliphatic heterocycles. The van der Waals surface area contributed by atoms with Crippen LogP contribution in [0.5, 0.6) is 0 Å². The van der Waals surface area contributed by atoms with E-state index in [9.17, 15) is 4.79 Å². The summed E-state index contributed by atoms with van der Waals surface area (Å²) in [7, 11) is 1.69. The van der Waals surface area contributed by atoms with Crippen molar-refractivity contribution in [1.29, 1.82) is 0 Å². The molecule has 2 N–H and O–H groups in total. The molecule has 0 unspecified atom stereocenters. The molecule has 0 fully saturated rings. The molecule has 0 aliphatic rings. The highest BCUT2D eigenvalue weighted by Crippen LogP contribution is 2.20. The van der Waals surface area contributed by atoms with Crippen LogP contribution in [0.4, 0.5) is 5.82 Å². The van der Waals surface area contributed by atoms with E-state index in [2.05, 4.69) is 25.6 Å². The van der Waals surface area contributed by atoms with Crippen LogP contribution < -0.4 is 10.6 Å². The molecule has 3 aromatic rings. The van der Waals surface area contributed by atoms with Crippen molar-refractivity contribution in [2.45, 2.75) is 26.7 Å². The lowest BCUT2D eigenvalue weighted by Gasteiger charge is -2.10. The average molecular weight is 426 g/mol. The second-order valence-corrected chi connectivity index (χ2v) is 7.87. The van der Waals surface area contributed by atoms with Gasteiger partial charge in [0, 0.05) is 55.4 Å². The van der Waals surface area contributed by atoms with E-state index in [1.165, 1.54) is 4.88 Å². The zero-order chi connectivity index (χ0) is 21.3. The van der Waals surface area contributed by atoms with Crippen LogP contribution in [-0.4, -0.2) is 47.7 Å². The highest BCUT2D eigenvalue weighted by atomic mass is 32.1. The highest BCUT2D eigenvalue weighted by Gasteiger charge is 2.12. The standard InChI is InChI=1S/C22H27N5O2S/c1-15-5-6-17(21-24-11-8-20(27-21)23-9-4-12-29-3)13-18(15)22(28)25-10-7-19-16(2)26-14-30-19/h5-6,8,11,13-14H,4,7,9-10,12H2,1-3H3,(H,25,28)(H,23,24,27). The molecule has 8 heteroatoms. The highest BCUT2D eigenvalue weighted by molar-refractivity contribution is 7.09. The summed E-state index contributed by atoms with van der Waals surface area (Å²) in [5.74, 6) is 1.24. The van der Waals surface area contributed by atoms with Crippen LogP contribution >= 0.6 is 11.3 Å². The number of carbonyl (C=O) groups excluding carboxylic acids is 1. The Hall–Kier alpha value is -2.84. The molecule has 0 saturated carbocycles. The Labute approximate surface area is 181 Å². The number of nitrogens with one attached hydrogen (secondary N) is 2. The summed E-state index contributed by atoms with van der Waals surface area (Å²) >= 11 is 1.62. The molecule has 1 aromatic carbocycles. The molecular weight excluding hydrogens is 398 g/mol. The molecule has 3 rings (SSSR count). The SMILES string of the molecule is COCCCNc1ccnc(-c2ccc(C)c(C(=O)NCCc3scnc3C)c2)n1. The number of anilines is 1. The first-order valence-electron chi connectivity index (χ1n) is 9.92. The zero-order valence-corrected chi connectivity index (χ0v) is 18.4. The normalized spacial score (nSPS) is 10.8. The van der Waals surface area contributed by atoms with Crippen LogP contribution in [0.15, 0.2) is 36.0 Å². The fourth-order valence-electron chi connectivity index (χ4n) is 2.99. The largest absolute Gasteiger partial charge is 0.385 e. The van der Waals surface area contributed by atoms with Crippen molar-refractivity contribution in [3.63, 3.8) is 0 Å². The zero-order valence-electron chi connectivity index (χ0n) is 17.6. The number of nitrogens with zero attached hydrogens (tertiary/aromatic N) is 3. The van der Waals surface area contributed by atoms with Gasteiger partial charge in [0.05, 0.1) is 11.2 Å². The molecular formula is C22H27N5O2S. The number of methoxy groups -OCH3 is 1. The van der Waals surface area contributed by atoms with E-state index in [4.69, 9.17) is 4.74 Å². The van der Waals surface area contributed by atoms with Crippen LogP contribution in [0.1, 0.15) is 32.9 Å². The molecule has 0 spiro atoms. The van der Waals surface area contributed by atoms with E-state index >= 15 is 0 Å². The minimum Gasteiger partial charge on any atom is -0.385 e. The fourth-order valence-corrected chi connectivity index (χ4v) is 3.77. The first-order valence-corrected chi connectivity index (χ1v) is 10.8. The molecule has 0 radical (unpaired) electrons. The summed E-state index contributed by atoms with van der Waals surface area (Å²) in [5, 5.41) is 6.28. The lowest BCUT2D eigenvalue weighted by atomic mass is 10.0. The third-order valence-electron chi connectivity index (χ3n) is 4.71. The van der Waals surface area contributed by atoms with Crippen LogP contribution in [0.2, 0.25) is 0 Å². The monoisotopic (exact) mass is 425 g/mol. The van der Waals surface area contributed by atoms with E-state index in [1.54, 1.807) is 24.6 Å². The Kier molecular flexibility index (Phi) is 7.87. The first kappa shape index (κ1) is 21.9. The Bertz CT molecular complexity index is 989. The second-order valence-electron chi connectivity index (χ2n) is 6.94. The predicted octanol–water partition coefficient (Wildman–Crippen LogP) is 3.64. The van der Waals surface area contributed by atoms with Gasteiger partial charge in [-0.1, -0.05) is 12.1 Å². The number of thiazole rings is 1. The van der Waals surface area contributed by atoms with Gasteiger partial charge >= 0.3 is 0 Å². The van der Waals surface area contributed by atoms with Crippen molar-refractivity contribution < 1.29 is 9.53 Å². The van der Waals surface area contributed by atoms with Crippen molar-refractivity contribution >= 4 is 23.1 Å². The van der Waals surface area contributed by atoms with Crippen molar-refractivity contribution in [2.24, 2.45) is 0 Å². The van der Waals surface area contributed by atoms with E-state index in [1.807, 2.05) is 43.6 Å². The Morgan fingerprint density at radius 3 is 2.80 bits per heavy atom. The number of hydrogen-bond acceptors (Lipinski definition) is 7. The van der Waals surface area contributed by atoms with Gasteiger partial charge in [-0.25, -0.2) is 15.0 Å². The van der Waals surface area contributed by atoms with Gasteiger partial charge in [0.1, 0.15) is 5.82 Å². The Balaban J connectivity index is 1.67. The molecule has 0 aliphatic carbocycles.